The fourth-order valence-electron chi connectivity index (χ4n) is 3.00. The quantitative estimate of drug-likeness (QED) is 0.566. The third kappa shape index (κ3) is 3.54. The molecule has 0 amide bonds. The molecule has 4 N–H and O–H groups in total. The average molecular weight is 405 g/mol. The molecule has 3 rings (SSSR count). The van der Waals surface area contributed by atoms with Gasteiger partial charge in [-0.1, -0.05) is 0 Å². The number of carbonyl (C=O) groups is 1. The number of nitrogens with zero attached hydrogens (tertiary/aromatic N) is 1. The van der Waals surface area contributed by atoms with Crippen LogP contribution in [0.5, 0.6) is 5.75 Å². The second-order valence-corrected chi connectivity index (χ2v) is 6.04. The van der Waals surface area contributed by atoms with Gasteiger partial charge in [-0.2, -0.15) is 0 Å². The number of aliphatic hydroxyl groups excluding tert-OH is 3. The molecule has 28 heavy (non-hydrogen) atoms. The van der Waals surface area contributed by atoms with Gasteiger partial charge in [0.25, 0.3) is 0 Å². The summed E-state index contributed by atoms with van der Waals surface area (Å²) in [6.45, 7) is -0.679. The van der Waals surface area contributed by atoms with E-state index in [1.54, 1.807) is 0 Å². The van der Waals surface area contributed by atoms with Crippen molar-refractivity contribution in [2.45, 2.75) is 30.9 Å². The van der Waals surface area contributed by atoms with Crippen molar-refractivity contribution in [3.63, 3.8) is 0 Å². The van der Waals surface area contributed by atoms with E-state index in [2.05, 4.69) is 4.74 Å². The van der Waals surface area contributed by atoms with Crippen molar-refractivity contribution in [3.05, 3.63) is 40.2 Å². The first kappa shape index (κ1) is 20.1. The number of hydrogen-bond acceptors (Lipinski definition) is 7. The molecule has 12 heteroatoms. The lowest BCUT2D eigenvalue weighted by Crippen LogP contribution is -2.33. The minimum absolute atomic E-state index is 0.230. The van der Waals surface area contributed by atoms with Gasteiger partial charge in [-0.3, -0.25) is 4.79 Å². The van der Waals surface area contributed by atoms with Crippen LogP contribution in [-0.4, -0.2) is 62.2 Å². The standard InChI is InChI=1S/C16H14F3NO8/c17-16(18,19)28-6-1-2-7-9(3-6)20(4-8(11(7)22)15(25)26)14-13(24)12(23)10(5-21)27-14/h1-4,10,12-14,21,23-24H,5H2,(H,25,26)/t10-,12-,13-,14-/m1/s1. The number of carboxylic acids is 1. The Hall–Kier alpha value is -2.67. The molecule has 0 unspecified atom stereocenters. The van der Waals surface area contributed by atoms with Crippen LogP contribution in [0.15, 0.2) is 29.2 Å². The summed E-state index contributed by atoms with van der Waals surface area (Å²) in [6.07, 6.45) is -10.1. The fourth-order valence-corrected chi connectivity index (χ4v) is 3.00. The molecule has 2 heterocycles. The molecular weight excluding hydrogens is 391 g/mol. The lowest BCUT2D eigenvalue weighted by Gasteiger charge is -2.22. The molecule has 0 radical (unpaired) electrons. The second-order valence-electron chi connectivity index (χ2n) is 6.04. The Bertz CT molecular complexity index is 973. The summed E-state index contributed by atoms with van der Waals surface area (Å²) in [6, 6.07) is 2.61. The van der Waals surface area contributed by atoms with E-state index in [1.165, 1.54) is 0 Å². The highest BCUT2D eigenvalue weighted by Gasteiger charge is 2.44. The first-order valence-electron chi connectivity index (χ1n) is 7.84. The van der Waals surface area contributed by atoms with Crippen LogP contribution in [0.25, 0.3) is 10.9 Å². The zero-order valence-corrected chi connectivity index (χ0v) is 13.8. The predicted molar refractivity (Wildman–Crippen MR) is 84.9 cm³/mol. The number of alkyl halides is 3. The van der Waals surface area contributed by atoms with E-state index in [1.807, 2.05) is 0 Å². The maximum absolute atomic E-state index is 12.5. The van der Waals surface area contributed by atoms with E-state index < -0.39 is 60.2 Å². The first-order chi connectivity index (χ1) is 13.0. The highest BCUT2D eigenvalue weighted by atomic mass is 19.4. The number of pyridine rings is 1. The highest BCUT2D eigenvalue weighted by molar-refractivity contribution is 5.93. The molecule has 1 saturated heterocycles. The Kier molecular flexibility index (Phi) is 5.06. The van der Waals surface area contributed by atoms with Gasteiger partial charge in [0.2, 0.25) is 5.43 Å². The molecule has 0 bridgehead atoms. The van der Waals surface area contributed by atoms with Crippen LogP contribution in [0.2, 0.25) is 0 Å². The molecule has 0 saturated carbocycles. The van der Waals surface area contributed by atoms with Crippen molar-refractivity contribution in [1.82, 2.24) is 4.57 Å². The number of carboxylic acid groups (broad SMARTS) is 1. The largest absolute Gasteiger partial charge is 0.573 e. The molecule has 9 nitrogen and oxygen atoms in total. The van der Waals surface area contributed by atoms with Crippen LogP contribution in [-0.2, 0) is 4.74 Å². The molecule has 152 valence electrons. The Balaban J connectivity index is 2.24. The van der Waals surface area contributed by atoms with Gasteiger partial charge < -0.3 is 34.5 Å². The highest BCUT2D eigenvalue weighted by Crippen LogP contribution is 2.33. The summed E-state index contributed by atoms with van der Waals surface area (Å²) in [5.41, 5.74) is -1.93. The zero-order chi connectivity index (χ0) is 20.8. The van der Waals surface area contributed by atoms with Gasteiger partial charge in [0.05, 0.1) is 12.1 Å². The van der Waals surface area contributed by atoms with Crippen molar-refractivity contribution < 1.29 is 47.9 Å². The van der Waals surface area contributed by atoms with Gasteiger partial charge in [-0.15, -0.1) is 13.2 Å². The summed E-state index contributed by atoms with van der Waals surface area (Å²) in [5, 5.41) is 38.2. The van der Waals surface area contributed by atoms with Gasteiger partial charge in [-0.25, -0.2) is 4.79 Å². The van der Waals surface area contributed by atoms with E-state index in [0.717, 1.165) is 29.0 Å². The van der Waals surface area contributed by atoms with Gasteiger partial charge in [0.1, 0.15) is 29.6 Å². The van der Waals surface area contributed by atoms with Gasteiger partial charge in [0, 0.05) is 17.6 Å². The molecule has 1 fully saturated rings. The van der Waals surface area contributed by atoms with Crippen LogP contribution in [0.4, 0.5) is 13.2 Å². The van der Waals surface area contributed by atoms with Crippen molar-refractivity contribution in [2.75, 3.05) is 6.61 Å². The number of aromatic carboxylic acids is 1. The average Bonchev–Trinajstić information content (AvgIpc) is 2.88. The van der Waals surface area contributed by atoms with Crippen molar-refractivity contribution >= 4 is 16.9 Å². The number of rotatable bonds is 4. The number of halogens is 3. The minimum atomic E-state index is -5.01. The minimum Gasteiger partial charge on any atom is -0.477 e. The number of ether oxygens (including phenoxy) is 2. The Morgan fingerprint density at radius 1 is 1.25 bits per heavy atom. The monoisotopic (exact) mass is 405 g/mol. The van der Waals surface area contributed by atoms with Crippen molar-refractivity contribution in [1.29, 1.82) is 0 Å². The summed E-state index contributed by atoms with van der Waals surface area (Å²) in [4.78, 5) is 23.7. The zero-order valence-electron chi connectivity index (χ0n) is 13.8. The molecule has 0 aliphatic carbocycles. The van der Waals surface area contributed by atoms with Crippen molar-refractivity contribution in [3.8, 4) is 5.75 Å². The van der Waals surface area contributed by atoms with Crippen LogP contribution in [0.1, 0.15) is 16.6 Å². The third-order valence-electron chi connectivity index (χ3n) is 4.26. The number of aliphatic hydroxyl groups is 3. The molecular formula is C16H14F3NO8. The number of benzene rings is 1. The number of aromatic nitrogens is 1. The molecule has 1 aliphatic heterocycles. The lowest BCUT2D eigenvalue weighted by molar-refractivity contribution is -0.274. The van der Waals surface area contributed by atoms with Gasteiger partial charge >= 0.3 is 12.3 Å². The van der Waals surface area contributed by atoms with E-state index in [0.29, 0.717) is 0 Å². The number of hydrogen-bond donors (Lipinski definition) is 4. The lowest BCUT2D eigenvalue weighted by atomic mass is 10.1. The van der Waals surface area contributed by atoms with Crippen LogP contribution in [0, 0.1) is 0 Å². The first-order valence-corrected chi connectivity index (χ1v) is 7.84. The summed E-state index contributed by atoms with van der Waals surface area (Å²) < 4.78 is 47.5. The summed E-state index contributed by atoms with van der Waals surface area (Å²) >= 11 is 0. The van der Waals surface area contributed by atoms with Gasteiger partial charge in [0.15, 0.2) is 6.23 Å². The van der Waals surface area contributed by atoms with Crippen molar-refractivity contribution in [2.24, 2.45) is 0 Å². The maximum atomic E-state index is 12.5. The fraction of sp³-hybridized carbons (Fsp3) is 0.375. The van der Waals surface area contributed by atoms with Crippen LogP contribution in [0.3, 0.4) is 0 Å². The molecule has 4 atom stereocenters. The third-order valence-corrected chi connectivity index (χ3v) is 4.26. The summed E-state index contributed by atoms with van der Waals surface area (Å²) in [7, 11) is 0. The predicted octanol–water partition coefficient (Wildman–Crippen LogP) is 0.210. The van der Waals surface area contributed by atoms with E-state index in [-0.39, 0.29) is 10.9 Å². The smallest absolute Gasteiger partial charge is 0.477 e. The van der Waals surface area contributed by atoms with Crippen LogP contribution < -0.4 is 10.2 Å². The normalized spacial score (nSPS) is 25.2. The molecule has 1 aromatic heterocycles. The molecule has 0 spiro atoms. The second kappa shape index (κ2) is 7.05. The maximum Gasteiger partial charge on any atom is 0.573 e. The Morgan fingerprint density at radius 3 is 2.46 bits per heavy atom. The van der Waals surface area contributed by atoms with E-state index in [9.17, 15) is 43.2 Å². The molecule has 2 aromatic rings. The molecule has 1 aromatic carbocycles. The van der Waals surface area contributed by atoms with Gasteiger partial charge in [-0.05, 0) is 12.1 Å². The summed E-state index contributed by atoms with van der Waals surface area (Å²) in [5.74, 6) is -2.30. The van der Waals surface area contributed by atoms with E-state index in [4.69, 9.17) is 4.74 Å². The van der Waals surface area contributed by atoms with E-state index >= 15 is 0 Å². The SMILES string of the molecule is O=C(O)c1cn([C@@H]2O[C@H](CO)[C@@H](O)[C@H]2O)c2cc(OC(F)(F)F)ccc2c1=O. The topological polar surface area (TPSA) is 138 Å². The Labute approximate surface area is 153 Å². The van der Waals surface area contributed by atoms with Crippen LogP contribution >= 0.6 is 0 Å². The Morgan fingerprint density at radius 2 is 1.93 bits per heavy atom. The molecule has 1 aliphatic rings. The number of fused-ring (bicyclic) bond motifs is 1.